The van der Waals surface area contributed by atoms with Crippen LogP contribution in [0.25, 0.3) is 0 Å². The van der Waals surface area contributed by atoms with Gasteiger partial charge in [0.15, 0.2) is 0 Å². The predicted molar refractivity (Wildman–Crippen MR) is 79.8 cm³/mol. The first-order valence-electron chi connectivity index (χ1n) is 6.36. The molecule has 2 aromatic heterocycles. The van der Waals surface area contributed by atoms with Crippen molar-refractivity contribution in [3.8, 4) is 0 Å². The van der Waals surface area contributed by atoms with E-state index in [1.807, 2.05) is 25.5 Å². The lowest BCUT2D eigenvalue weighted by Crippen LogP contribution is -2.19. The number of aryl methyl sites for hydroxylation is 1. The van der Waals surface area contributed by atoms with Crippen molar-refractivity contribution in [1.82, 2.24) is 15.0 Å². The molecule has 2 heterocycles. The highest BCUT2D eigenvalue weighted by Gasteiger charge is 2.08. The third-order valence-corrected chi connectivity index (χ3v) is 3.29. The Hall–Kier alpha value is -1.69. The summed E-state index contributed by atoms with van der Waals surface area (Å²) in [4.78, 5) is 15.2. The number of nitrogens with zero attached hydrogens (tertiary/aromatic N) is 4. The molecule has 6 heteroatoms. The second kappa shape index (κ2) is 6.47. The summed E-state index contributed by atoms with van der Waals surface area (Å²) >= 11 is 1.61. The van der Waals surface area contributed by atoms with Gasteiger partial charge in [-0.3, -0.25) is 0 Å². The molecule has 0 aromatic carbocycles. The average Bonchev–Trinajstić information content (AvgIpc) is 2.88. The third kappa shape index (κ3) is 3.89. The lowest BCUT2D eigenvalue weighted by atomic mass is 10.4. The molecule has 19 heavy (non-hydrogen) atoms. The van der Waals surface area contributed by atoms with Crippen LogP contribution >= 0.6 is 11.3 Å². The molecule has 0 aliphatic carbocycles. The summed E-state index contributed by atoms with van der Waals surface area (Å²) in [6, 6.07) is 1.98. The third-order valence-electron chi connectivity index (χ3n) is 2.65. The zero-order valence-corrected chi connectivity index (χ0v) is 12.4. The van der Waals surface area contributed by atoms with Crippen LogP contribution in [0.1, 0.15) is 24.9 Å². The van der Waals surface area contributed by atoms with Crippen LogP contribution in [-0.4, -0.2) is 28.5 Å². The van der Waals surface area contributed by atoms with E-state index in [-0.39, 0.29) is 0 Å². The van der Waals surface area contributed by atoms with Crippen molar-refractivity contribution in [2.24, 2.45) is 0 Å². The van der Waals surface area contributed by atoms with Crippen molar-refractivity contribution < 1.29 is 0 Å². The summed E-state index contributed by atoms with van der Waals surface area (Å²) in [5, 5.41) is 5.35. The second-order valence-electron chi connectivity index (χ2n) is 4.42. The molecule has 0 spiro atoms. The van der Waals surface area contributed by atoms with Gasteiger partial charge in [-0.25, -0.2) is 15.0 Å². The molecular weight excluding hydrogens is 258 g/mol. The number of thiazole rings is 1. The zero-order chi connectivity index (χ0) is 13.7. The molecule has 0 saturated carbocycles. The minimum Gasteiger partial charge on any atom is -0.370 e. The molecule has 0 atom stereocenters. The summed E-state index contributed by atoms with van der Waals surface area (Å²) in [6.07, 6.45) is 1.08. The van der Waals surface area contributed by atoms with Gasteiger partial charge in [0.05, 0.1) is 17.7 Å². The van der Waals surface area contributed by atoms with Crippen LogP contribution in [0.3, 0.4) is 0 Å². The van der Waals surface area contributed by atoms with Crippen LogP contribution < -0.4 is 10.2 Å². The molecule has 0 amide bonds. The largest absolute Gasteiger partial charge is 0.370 e. The van der Waals surface area contributed by atoms with E-state index in [0.717, 1.165) is 42.7 Å². The van der Waals surface area contributed by atoms with E-state index < -0.39 is 0 Å². The maximum atomic E-state index is 4.47. The van der Waals surface area contributed by atoms with Gasteiger partial charge in [-0.05, 0) is 13.3 Å². The van der Waals surface area contributed by atoms with Crippen LogP contribution in [-0.2, 0) is 6.54 Å². The van der Waals surface area contributed by atoms with Crippen molar-refractivity contribution in [1.29, 1.82) is 0 Å². The van der Waals surface area contributed by atoms with Crippen molar-refractivity contribution in [3.05, 3.63) is 28.5 Å². The van der Waals surface area contributed by atoms with Gasteiger partial charge >= 0.3 is 0 Å². The molecular formula is C13H19N5S. The van der Waals surface area contributed by atoms with E-state index in [4.69, 9.17) is 0 Å². The highest BCUT2D eigenvalue weighted by Crippen LogP contribution is 2.17. The summed E-state index contributed by atoms with van der Waals surface area (Å²) < 4.78 is 0. The minimum atomic E-state index is 0.757. The van der Waals surface area contributed by atoms with E-state index in [9.17, 15) is 0 Å². The highest BCUT2D eigenvalue weighted by atomic mass is 32.1. The zero-order valence-electron chi connectivity index (χ0n) is 11.6. The highest BCUT2D eigenvalue weighted by molar-refractivity contribution is 7.07. The van der Waals surface area contributed by atoms with Crippen LogP contribution in [0.15, 0.2) is 17.0 Å². The number of rotatable bonds is 6. The van der Waals surface area contributed by atoms with Gasteiger partial charge in [-0.15, -0.1) is 11.3 Å². The number of anilines is 2. The van der Waals surface area contributed by atoms with Gasteiger partial charge < -0.3 is 10.2 Å². The second-order valence-corrected chi connectivity index (χ2v) is 5.14. The smallest absolute Gasteiger partial charge is 0.134 e. The first-order chi connectivity index (χ1) is 9.19. The molecule has 0 aliphatic heterocycles. The van der Waals surface area contributed by atoms with E-state index in [0.29, 0.717) is 0 Å². The van der Waals surface area contributed by atoms with Gasteiger partial charge in [0, 0.05) is 25.0 Å². The summed E-state index contributed by atoms with van der Waals surface area (Å²) in [5.41, 5.74) is 2.91. The summed E-state index contributed by atoms with van der Waals surface area (Å²) in [6.45, 7) is 5.73. The Bertz CT molecular complexity index is 512. The fraction of sp³-hybridized carbons (Fsp3) is 0.462. The molecule has 0 unspecified atom stereocenters. The first kappa shape index (κ1) is 13.7. The Kier molecular flexibility index (Phi) is 4.68. The number of hydrogen-bond donors (Lipinski definition) is 1. The normalized spacial score (nSPS) is 10.5. The van der Waals surface area contributed by atoms with Gasteiger partial charge in [0.25, 0.3) is 0 Å². The summed E-state index contributed by atoms with van der Waals surface area (Å²) in [5.74, 6) is 2.58. The predicted octanol–water partition coefficient (Wildman–Crippen LogP) is 2.70. The number of hydrogen-bond acceptors (Lipinski definition) is 6. The standard InChI is InChI=1S/C13H19N5S/c1-4-5-14-12-6-13(17-10(2)16-12)18(3)7-11-8-19-9-15-11/h6,8-9H,4-5,7H2,1-3H3,(H,14,16,17). The number of aromatic nitrogens is 3. The maximum Gasteiger partial charge on any atom is 0.134 e. The number of nitrogens with one attached hydrogen (secondary N) is 1. The minimum absolute atomic E-state index is 0.757. The lowest BCUT2D eigenvalue weighted by Gasteiger charge is -2.18. The fourth-order valence-corrected chi connectivity index (χ4v) is 2.28. The monoisotopic (exact) mass is 277 g/mol. The molecule has 1 N–H and O–H groups in total. The Morgan fingerprint density at radius 1 is 1.37 bits per heavy atom. The molecule has 0 fully saturated rings. The van der Waals surface area contributed by atoms with Crippen molar-refractivity contribution in [2.45, 2.75) is 26.8 Å². The quantitative estimate of drug-likeness (QED) is 0.880. The van der Waals surface area contributed by atoms with Crippen LogP contribution in [0.5, 0.6) is 0 Å². The summed E-state index contributed by atoms with van der Waals surface area (Å²) in [7, 11) is 2.02. The van der Waals surface area contributed by atoms with Crippen molar-refractivity contribution in [3.63, 3.8) is 0 Å². The van der Waals surface area contributed by atoms with E-state index >= 15 is 0 Å². The molecule has 2 rings (SSSR count). The molecule has 0 bridgehead atoms. The SMILES string of the molecule is CCCNc1cc(N(C)Cc2cscn2)nc(C)n1. The first-order valence-corrected chi connectivity index (χ1v) is 7.31. The van der Waals surface area contributed by atoms with Crippen LogP contribution in [0, 0.1) is 6.92 Å². The lowest BCUT2D eigenvalue weighted by molar-refractivity contribution is 0.858. The molecule has 0 saturated heterocycles. The van der Waals surface area contributed by atoms with E-state index in [1.165, 1.54) is 0 Å². The Balaban J connectivity index is 2.11. The van der Waals surface area contributed by atoms with Crippen LogP contribution in [0.4, 0.5) is 11.6 Å². The van der Waals surface area contributed by atoms with Gasteiger partial charge in [-0.2, -0.15) is 0 Å². The topological polar surface area (TPSA) is 53.9 Å². The fourth-order valence-electron chi connectivity index (χ4n) is 1.73. The molecule has 0 aliphatic rings. The van der Waals surface area contributed by atoms with E-state index in [1.54, 1.807) is 11.3 Å². The Morgan fingerprint density at radius 3 is 2.89 bits per heavy atom. The molecule has 102 valence electrons. The van der Waals surface area contributed by atoms with Crippen LogP contribution in [0.2, 0.25) is 0 Å². The van der Waals surface area contributed by atoms with Gasteiger partial charge in [-0.1, -0.05) is 6.92 Å². The molecule has 5 nitrogen and oxygen atoms in total. The molecule has 0 radical (unpaired) electrons. The van der Waals surface area contributed by atoms with Gasteiger partial charge in [0.1, 0.15) is 17.5 Å². The van der Waals surface area contributed by atoms with E-state index in [2.05, 4.69) is 37.5 Å². The average molecular weight is 277 g/mol. The van der Waals surface area contributed by atoms with Gasteiger partial charge in [0.2, 0.25) is 0 Å². The van der Waals surface area contributed by atoms with Crippen molar-refractivity contribution >= 4 is 23.0 Å². The Morgan fingerprint density at radius 2 is 2.21 bits per heavy atom. The molecule has 2 aromatic rings. The Labute approximate surface area is 117 Å². The maximum absolute atomic E-state index is 4.47. The van der Waals surface area contributed by atoms with Crippen molar-refractivity contribution in [2.75, 3.05) is 23.8 Å².